The van der Waals surface area contributed by atoms with Crippen LogP contribution in [-0.4, -0.2) is 32.4 Å². The number of hydrogen-bond acceptors (Lipinski definition) is 5. The Balaban J connectivity index is 2.64. The van der Waals surface area contributed by atoms with Crippen molar-refractivity contribution in [1.82, 2.24) is 25.4 Å². The third kappa shape index (κ3) is 2.35. The molecule has 0 aliphatic rings. The van der Waals surface area contributed by atoms with Crippen molar-refractivity contribution >= 4 is 21.7 Å². The van der Waals surface area contributed by atoms with Gasteiger partial charge in [0.05, 0.1) is 16.4 Å². The first kappa shape index (κ1) is 12.9. The molecule has 0 radical (unpaired) electrons. The topological polar surface area (TPSA) is 79.4 Å². The van der Waals surface area contributed by atoms with Crippen molar-refractivity contribution in [1.29, 1.82) is 0 Å². The number of rotatable bonds is 2. The van der Waals surface area contributed by atoms with E-state index in [9.17, 15) is 0 Å². The summed E-state index contributed by atoms with van der Waals surface area (Å²) in [4.78, 5) is 8.99. The Hall–Kier alpha value is -1.50. The second kappa shape index (κ2) is 4.64. The number of hydrogen-bond donors (Lipinski definition) is 2. The van der Waals surface area contributed by atoms with E-state index in [1.807, 2.05) is 7.05 Å². The van der Waals surface area contributed by atoms with E-state index in [2.05, 4.69) is 67.4 Å². The lowest BCUT2D eigenvalue weighted by Gasteiger charge is -2.21. The highest BCUT2D eigenvalue weighted by atomic mass is 79.9. The molecule has 96 valence electrons. The number of anilines is 1. The number of aromatic nitrogens is 5. The van der Waals surface area contributed by atoms with Crippen molar-refractivity contribution in [3.63, 3.8) is 0 Å². The van der Waals surface area contributed by atoms with Gasteiger partial charge in [-0.2, -0.15) is 15.4 Å². The average molecular weight is 311 g/mol. The molecule has 2 heterocycles. The molecule has 2 N–H and O–H groups in total. The van der Waals surface area contributed by atoms with E-state index < -0.39 is 0 Å². The Kier molecular flexibility index (Phi) is 3.34. The monoisotopic (exact) mass is 310 g/mol. The molecule has 6 nitrogen and oxygen atoms in total. The van der Waals surface area contributed by atoms with Crippen LogP contribution < -0.4 is 5.32 Å². The average Bonchev–Trinajstić information content (AvgIpc) is 2.81. The lowest BCUT2D eigenvalue weighted by Crippen LogP contribution is -2.17. The Bertz CT molecular complexity index is 543. The van der Waals surface area contributed by atoms with E-state index in [1.165, 1.54) is 0 Å². The largest absolute Gasteiger partial charge is 0.372 e. The van der Waals surface area contributed by atoms with Crippen molar-refractivity contribution < 1.29 is 0 Å². The van der Waals surface area contributed by atoms with Gasteiger partial charge in [0.15, 0.2) is 5.82 Å². The minimum Gasteiger partial charge on any atom is -0.372 e. The molecule has 0 aliphatic heterocycles. The van der Waals surface area contributed by atoms with Crippen molar-refractivity contribution in [3.8, 4) is 11.5 Å². The molecule has 0 saturated heterocycles. The zero-order chi connectivity index (χ0) is 13.3. The minimum atomic E-state index is -0.0914. The molecule has 7 heteroatoms. The Morgan fingerprint density at radius 2 is 2.00 bits per heavy atom. The van der Waals surface area contributed by atoms with Crippen LogP contribution >= 0.6 is 15.9 Å². The van der Waals surface area contributed by atoms with Gasteiger partial charge in [0, 0.05) is 12.5 Å². The smallest absolute Gasteiger partial charge is 0.184 e. The van der Waals surface area contributed by atoms with Gasteiger partial charge in [-0.3, -0.25) is 0 Å². The van der Waals surface area contributed by atoms with Gasteiger partial charge in [-0.25, -0.2) is 9.97 Å². The Morgan fingerprint density at radius 1 is 1.28 bits per heavy atom. The Morgan fingerprint density at radius 3 is 2.50 bits per heavy atom. The predicted octanol–water partition coefficient (Wildman–Crippen LogP) is 2.36. The summed E-state index contributed by atoms with van der Waals surface area (Å²) in [6.07, 6.45) is 1.61. The molecule has 0 aliphatic carbocycles. The van der Waals surface area contributed by atoms with Crippen LogP contribution in [0.4, 0.5) is 5.82 Å². The molecule has 0 spiro atoms. The summed E-state index contributed by atoms with van der Waals surface area (Å²) in [5, 5.41) is 13.4. The van der Waals surface area contributed by atoms with Crippen LogP contribution in [0, 0.1) is 0 Å². The second-order valence-electron chi connectivity index (χ2n) is 4.91. The zero-order valence-electron chi connectivity index (χ0n) is 10.7. The van der Waals surface area contributed by atoms with Crippen LogP contribution in [0.2, 0.25) is 0 Å². The molecule has 18 heavy (non-hydrogen) atoms. The maximum absolute atomic E-state index is 4.57. The summed E-state index contributed by atoms with van der Waals surface area (Å²) in [6.45, 7) is 6.31. The van der Waals surface area contributed by atoms with Gasteiger partial charge in [0.2, 0.25) is 0 Å². The number of nitrogens with zero attached hydrogens (tertiary/aromatic N) is 4. The van der Waals surface area contributed by atoms with Crippen molar-refractivity contribution in [2.75, 3.05) is 12.4 Å². The lowest BCUT2D eigenvalue weighted by atomic mass is 9.92. The molecule has 2 aromatic rings. The van der Waals surface area contributed by atoms with E-state index in [1.54, 1.807) is 6.20 Å². The summed E-state index contributed by atoms with van der Waals surface area (Å²) in [6, 6.07) is 0. The SMILES string of the molecule is CNc1nc(-c2cn[nH]n2)nc(C(C)(C)C)c1Br. The molecule has 0 bridgehead atoms. The molecule has 2 rings (SSSR count). The van der Waals surface area contributed by atoms with E-state index in [0.717, 1.165) is 16.0 Å². The fourth-order valence-electron chi connectivity index (χ4n) is 1.53. The van der Waals surface area contributed by atoms with Crippen LogP contribution in [0.15, 0.2) is 10.7 Å². The fraction of sp³-hybridized carbons (Fsp3) is 0.455. The van der Waals surface area contributed by atoms with Gasteiger partial charge in [0.1, 0.15) is 11.5 Å². The summed E-state index contributed by atoms with van der Waals surface area (Å²) in [5.74, 6) is 1.30. The molecule has 2 aromatic heterocycles. The van der Waals surface area contributed by atoms with Crippen molar-refractivity contribution in [2.24, 2.45) is 0 Å². The predicted molar refractivity (Wildman–Crippen MR) is 73.4 cm³/mol. The molecule has 0 saturated carbocycles. The van der Waals surface area contributed by atoms with Crippen LogP contribution in [-0.2, 0) is 5.41 Å². The minimum absolute atomic E-state index is 0.0914. The van der Waals surface area contributed by atoms with Gasteiger partial charge in [-0.15, -0.1) is 0 Å². The number of halogens is 1. The first-order valence-electron chi connectivity index (χ1n) is 5.55. The van der Waals surface area contributed by atoms with E-state index in [4.69, 9.17) is 0 Å². The molecule has 0 aromatic carbocycles. The summed E-state index contributed by atoms with van der Waals surface area (Å²) < 4.78 is 0.879. The first-order chi connectivity index (χ1) is 8.43. The third-order valence-electron chi connectivity index (χ3n) is 2.44. The van der Waals surface area contributed by atoms with Crippen LogP contribution in [0.1, 0.15) is 26.5 Å². The molecule has 0 amide bonds. The maximum atomic E-state index is 4.57. The fourth-order valence-corrected chi connectivity index (χ4v) is 2.50. The van der Waals surface area contributed by atoms with Crippen molar-refractivity contribution in [2.45, 2.75) is 26.2 Å². The summed E-state index contributed by atoms with van der Waals surface area (Å²) in [5.41, 5.74) is 1.47. The third-order valence-corrected chi connectivity index (χ3v) is 3.19. The summed E-state index contributed by atoms with van der Waals surface area (Å²) in [7, 11) is 1.83. The maximum Gasteiger partial charge on any atom is 0.184 e. The van der Waals surface area contributed by atoms with Gasteiger partial charge >= 0.3 is 0 Å². The first-order valence-corrected chi connectivity index (χ1v) is 6.34. The van der Waals surface area contributed by atoms with E-state index >= 15 is 0 Å². The van der Waals surface area contributed by atoms with Gasteiger partial charge in [0.25, 0.3) is 0 Å². The van der Waals surface area contributed by atoms with E-state index in [-0.39, 0.29) is 5.41 Å². The zero-order valence-corrected chi connectivity index (χ0v) is 12.3. The highest BCUT2D eigenvalue weighted by Crippen LogP contribution is 2.33. The molecule has 0 fully saturated rings. The second-order valence-corrected chi connectivity index (χ2v) is 5.71. The van der Waals surface area contributed by atoms with Gasteiger partial charge in [-0.05, 0) is 15.9 Å². The van der Waals surface area contributed by atoms with E-state index in [0.29, 0.717) is 11.5 Å². The molecular weight excluding hydrogens is 296 g/mol. The number of aromatic amines is 1. The van der Waals surface area contributed by atoms with Crippen LogP contribution in [0.25, 0.3) is 11.5 Å². The lowest BCUT2D eigenvalue weighted by molar-refractivity contribution is 0.564. The highest BCUT2D eigenvalue weighted by molar-refractivity contribution is 9.10. The van der Waals surface area contributed by atoms with Crippen molar-refractivity contribution in [3.05, 3.63) is 16.4 Å². The molecule has 0 unspecified atom stereocenters. The highest BCUT2D eigenvalue weighted by Gasteiger charge is 2.23. The van der Waals surface area contributed by atoms with Gasteiger partial charge < -0.3 is 5.32 Å². The van der Waals surface area contributed by atoms with Crippen LogP contribution in [0.5, 0.6) is 0 Å². The standard InChI is InChI=1S/C11H15BrN6/c1-11(2,3)8-7(12)10(13-4)16-9(15-8)6-5-14-18-17-6/h5H,1-4H3,(H,13,15,16)(H,14,17,18). The van der Waals surface area contributed by atoms with Crippen LogP contribution in [0.3, 0.4) is 0 Å². The normalized spacial score (nSPS) is 11.6. The number of nitrogens with one attached hydrogen (secondary N) is 2. The summed E-state index contributed by atoms with van der Waals surface area (Å²) >= 11 is 3.54. The van der Waals surface area contributed by atoms with Gasteiger partial charge in [-0.1, -0.05) is 20.8 Å². The molecular formula is C11H15BrN6. The quantitative estimate of drug-likeness (QED) is 0.890. The number of H-pyrrole nitrogens is 1. The Labute approximate surface area is 114 Å². The molecule has 0 atom stereocenters.